The second-order valence-electron chi connectivity index (χ2n) is 5.51. The summed E-state index contributed by atoms with van der Waals surface area (Å²) in [6.07, 6.45) is 2.12. The van der Waals surface area contributed by atoms with Crippen LogP contribution < -0.4 is 4.74 Å². The molecule has 1 amide bonds. The molecule has 1 aliphatic rings. The molecule has 1 aromatic rings. The summed E-state index contributed by atoms with van der Waals surface area (Å²) in [5, 5.41) is 0.406. The minimum atomic E-state index is -0.613. The molecule has 0 bridgehead atoms. The Kier molecular flexibility index (Phi) is 5.66. The number of carbonyl (C=O) groups excluding carboxylic acids is 2. The Bertz CT molecular complexity index is 561. The summed E-state index contributed by atoms with van der Waals surface area (Å²) in [5.74, 6) is 0.0773. The van der Waals surface area contributed by atoms with Crippen LogP contribution in [0, 0.1) is 5.92 Å². The average Bonchev–Trinajstić information content (AvgIpc) is 2.52. The van der Waals surface area contributed by atoms with Gasteiger partial charge < -0.3 is 14.4 Å². The van der Waals surface area contributed by atoms with Crippen molar-refractivity contribution < 1.29 is 19.1 Å². The molecule has 22 heavy (non-hydrogen) atoms. The van der Waals surface area contributed by atoms with Gasteiger partial charge in [0.1, 0.15) is 11.3 Å². The highest BCUT2D eigenvalue weighted by Gasteiger charge is 2.23. The lowest BCUT2D eigenvalue weighted by atomic mass is 10.0. The summed E-state index contributed by atoms with van der Waals surface area (Å²) in [5.41, 5.74) is 0.217. The highest BCUT2D eigenvalue weighted by molar-refractivity contribution is 6.31. The summed E-state index contributed by atoms with van der Waals surface area (Å²) >= 11 is 5.88. The average molecular weight is 326 g/mol. The normalized spacial score (nSPS) is 18.0. The van der Waals surface area contributed by atoms with E-state index in [9.17, 15) is 9.59 Å². The van der Waals surface area contributed by atoms with Crippen LogP contribution in [0.5, 0.6) is 5.75 Å². The number of amides is 1. The number of esters is 1. The number of hydrogen-bond donors (Lipinski definition) is 0. The maximum atomic E-state index is 12.1. The maximum absolute atomic E-state index is 12.1. The number of ether oxygens (including phenoxy) is 2. The van der Waals surface area contributed by atoms with Crippen LogP contribution in [0.25, 0.3) is 0 Å². The SMILES string of the molecule is COc1ccc(Cl)cc1C(=O)OCC(=O)N1CCC[C@H](C)C1. The number of carbonyl (C=O) groups is 2. The Hall–Kier alpha value is -1.75. The molecule has 120 valence electrons. The molecule has 1 saturated heterocycles. The van der Waals surface area contributed by atoms with Crippen molar-refractivity contribution in [3.05, 3.63) is 28.8 Å². The first-order valence-electron chi connectivity index (χ1n) is 7.29. The van der Waals surface area contributed by atoms with Gasteiger partial charge in [-0.1, -0.05) is 18.5 Å². The minimum absolute atomic E-state index is 0.166. The highest BCUT2D eigenvalue weighted by atomic mass is 35.5. The second kappa shape index (κ2) is 7.49. The molecule has 0 radical (unpaired) electrons. The van der Waals surface area contributed by atoms with Crippen molar-refractivity contribution in [3.63, 3.8) is 0 Å². The van der Waals surface area contributed by atoms with Crippen molar-refractivity contribution in [2.75, 3.05) is 26.8 Å². The van der Waals surface area contributed by atoms with Gasteiger partial charge in [-0.15, -0.1) is 0 Å². The smallest absolute Gasteiger partial charge is 0.342 e. The van der Waals surface area contributed by atoms with Crippen LogP contribution in [0.15, 0.2) is 18.2 Å². The van der Waals surface area contributed by atoms with Gasteiger partial charge in [0.25, 0.3) is 5.91 Å². The molecule has 1 fully saturated rings. The molecule has 0 aromatic heterocycles. The first kappa shape index (κ1) is 16.6. The first-order valence-corrected chi connectivity index (χ1v) is 7.67. The molecule has 1 atom stereocenters. The summed E-state index contributed by atoms with van der Waals surface area (Å²) in [6, 6.07) is 4.68. The van der Waals surface area contributed by atoms with Crippen molar-refractivity contribution in [3.8, 4) is 5.75 Å². The molecule has 0 unspecified atom stereocenters. The van der Waals surface area contributed by atoms with Crippen LogP contribution in [-0.4, -0.2) is 43.6 Å². The molecule has 6 heteroatoms. The molecule has 0 N–H and O–H groups in total. The van der Waals surface area contributed by atoms with Crippen LogP contribution in [-0.2, 0) is 9.53 Å². The third-order valence-corrected chi connectivity index (χ3v) is 3.95. The molecule has 5 nitrogen and oxygen atoms in total. The monoisotopic (exact) mass is 325 g/mol. The molecular formula is C16H20ClNO4. The Morgan fingerprint density at radius 1 is 1.41 bits per heavy atom. The van der Waals surface area contributed by atoms with Gasteiger partial charge in [-0.3, -0.25) is 4.79 Å². The van der Waals surface area contributed by atoms with E-state index in [2.05, 4.69) is 6.92 Å². The van der Waals surface area contributed by atoms with Crippen LogP contribution in [0.4, 0.5) is 0 Å². The summed E-state index contributed by atoms with van der Waals surface area (Å²) in [4.78, 5) is 25.9. The lowest BCUT2D eigenvalue weighted by molar-refractivity contribution is -0.136. The number of halogens is 1. The molecule has 0 saturated carbocycles. The number of hydrogen-bond acceptors (Lipinski definition) is 4. The van der Waals surface area contributed by atoms with Crippen LogP contribution in [0.2, 0.25) is 5.02 Å². The van der Waals surface area contributed by atoms with Crippen molar-refractivity contribution in [1.82, 2.24) is 4.90 Å². The van der Waals surface area contributed by atoms with E-state index in [-0.39, 0.29) is 18.1 Å². The number of piperidine rings is 1. The van der Waals surface area contributed by atoms with Gasteiger partial charge >= 0.3 is 5.97 Å². The third kappa shape index (κ3) is 4.13. The van der Waals surface area contributed by atoms with Crippen LogP contribution in [0.1, 0.15) is 30.1 Å². The number of nitrogens with zero attached hydrogens (tertiary/aromatic N) is 1. The minimum Gasteiger partial charge on any atom is -0.496 e. The number of benzene rings is 1. The predicted octanol–water partition coefficient (Wildman–Crippen LogP) is 2.76. The standard InChI is InChI=1S/C16H20ClNO4/c1-11-4-3-7-18(9-11)15(19)10-22-16(20)13-8-12(17)5-6-14(13)21-2/h5-6,8,11H,3-4,7,9-10H2,1-2H3/t11-/m0/s1. The number of likely N-dealkylation sites (tertiary alicyclic amines) is 1. The van der Waals surface area contributed by atoms with Gasteiger partial charge in [-0.25, -0.2) is 4.79 Å². The van der Waals surface area contributed by atoms with E-state index in [4.69, 9.17) is 21.1 Å². The Labute approximate surface area is 135 Å². The van der Waals surface area contributed by atoms with E-state index >= 15 is 0 Å². The predicted molar refractivity (Wildman–Crippen MR) is 83.3 cm³/mol. The van der Waals surface area contributed by atoms with Gasteiger partial charge in [-0.2, -0.15) is 0 Å². The highest BCUT2D eigenvalue weighted by Crippen LogP contribution is 2.23. The van der Waals surface area contributed by atoms with E-state index in [0.717, 1.165) is 25.9 Å². The van der Waals surface area contributed by atoms with Gasteiger partial charge in [0.15, 0.2) is 6.61 Å². The molecule has 1 heterocycles. The zero-order valence-electron chi connectivity index (χ0n) is 12.8. The molecule has 1 aliphatic heterocycles. The summed E-state index contributed by atoms with van der Waals surface area (Å²) < 4.78 is 10.2. The number of rotatable bonds is 4. The van der Waals surface area contributed by atoms with E-state index in [1.54, 1.807) is 17.0 Å². The van der Waals surface area contributed by atoms with E-state index in [0.29, 0.717) is 16.7 Å². The first-order chi connectivity index (χ1) is 10.5. The van der Waals surface area contributed by atoms with Gasteiger partial charge in [0.05, 0.1) is 7.11 Å². The Morgan fingerprint density at radius 3 is 2.86 bits per heavy atom. The lowest BCUT2D eigenvalue weighted by Gasteiger charge is -2.30. The summed E-state index contributed by atoms with van der Waals surface area (Å²) in [6.45, 7) is 3.29. The Morgan fingerprint density at radius 2 is 2.18 bits per heavy atom. The molecular weight excluding hydrogens is 306 g/mol. The maximum Gasteiger partial charge on any atom is 0.342 e. The molecule has 2 rings (SSSR count). The fourth-order valence-corrected chi connectivity index (χ4v) is 2.72. The zero-order chi connectivity index (χ0) is 16.1. The van der Waals surface area contributed by atoms with Crippen molar-refractivity contribution in [2.45, 2.75) is 19.8 Å². The second-order valence-corrected chi connectivity index (χ2v) is 5.94. The zero-order valence-corrected chi connectivity index (χ0v) is 13.6. The van der Waals surface area contributed by atoms with Crippen LogP contribution >= 0.6 is 11.6 Å². The van der Waals surface area contributed by atoms with Crippen molar-refractivity contribution in [2.24, 2.45) is 5.92 Å². The van der Waals surface area contributed by atoms with Crippen molar-refractivity contribution in [1.29, 1.82) is 0 Å². The van der Waals surface area contributed by atoms with Crippen molar-refractivity contribution >= 4 is 23.5 Å². The number of methoxy groups -OCH3 is 1. The molecule has 0 aliphatic carbocycles. The fraction of sp³-hybridized carbons (Fsp3) is 0.500. The fourth-order valence-electron chi connectivity index (χ4n) is 2.55. The summed E-state index contributed by atoms with van der Waals surface area (Å²) in [7, 11) is 1.46. The van der Waals surface area contributed by atoms with Gasteiger partial charge in [-0.05, 0) is 37.0 Å². The van der Waals surface area contributed by atoms with Crippen LogP contribution in [0.3, 0.4) is 0 Å². The van der Waals surface area contributed by atoms with E-state index in [1.165, 1.54) is 13.2 Å². The lowest BCUT2D eigenvalue weighted by Crippen LogP contribution is -2.41. The van der Waals surface area contributed by atoms with E-state index in [1.807, 2.05) is 0 Å². The quantitative estimate of drug-likeness (QED) is 0.799. The van der Waals surface area contributed by atoms with Gasteiger partial charge in [0.2, 0.25) is 0 Å². The molecule has 1 aromatic carbocycles. The third-order valence-electron chi connectivity index (χ3n) is 3.72. The van der Waals surface area contributed by atoms with E-state index < -0.39 is 5.97 Å². The van der Waals surface area contributed by atoms with Gasteiger partial charge in [0, 0.05) is 18.1 Å². The Balaban J connectivity index is 1.95. The topological polar surface area (TPSA) is 55.8 Å². The largest absolute Gasteiger partial charge is 0.496 e. The molecule has 0 spiro atoms.